The van der Waals surface area contributed by atoms with Gasteiger partial charge in [0.05, 0.1) is 10.7 Å². The number of para-hydroxylation sites is 1. The van der Waals surface area contributed by atoms with Crippen LogP contribution in [0.4, 0.5) is 10.1 Å². The van der Waals surface area contributed by atoms with E-state index in [-0.39, 0.29) is 5.82 Å². The lowest BCUT2D eigenvalue weighted by molar-refractivity contribution is -0.122. The van der Waals surface area contributed by atoms with Crippen LogP contribution >= 0.6 is 11.6 Å². The molecule has 2 rings (SSSR count). The predicted octanol–water partition coefficient (Wildman–Crippen LogP) is 3.68. The Kier molecular flexibility index (Phi) is 4.48. The summed E-state index contributed by atoms with van der Waals surface area (Å²) in [5.74, 6) is -0.914. The highest BCUT2D eigenvalue weighted by Gasteiger charge is 2.37. The summed E-state index contributed by atoms with van der Waals surface area (Å²) in [6, 6.07) is 12.8. The zero-order valence-corrected chi connectivity index (χ0v) is 12.3. The van der Waals surface area contributed by atoms with Crippen molar-refractivity contribution in [1.82, 2.24) is 0 Å². The topological polar surface area (TPSA) is 55.1 Å². The fourth-order valence-electron chi connectivity index (χ4n) is 2.27. The quantitative estimate of drug-likeness (QED) is 0.885. The van der Waals surface area contributed by atoms with E-state index in [1.54, 1.807) is 36.4 Å². The molecule has 21 heavy (non-hydrogen) atoms. The first-order chi connectivity index (χ1) is 9.99. The summed E-state index contributed by atoms with van der Waals surface area (Å²) >= 11 is 6.13. The van der Waals surface area contributed by atoms with E-state index in [1.165, 1.54) is 12.1 Å². The smallest absolute Gasteiger partial charge is 0.247 e. The Morgan fingerprint density at radius 1 is 1.24 bits per heavy atom. The minimum absolute atomic E-state index is 0.369. The molecule has 0 radical (unpaired) electrons. The summed E-state index contributed by atoms with van der Waals surface area (Å²) in [6.45, 7) is 1.83. The molecule has 0 aromatic heterocycles. The van der Waals surface area contributed by atoms with Crippen molar-refractivity contribution in [3.05, 3.63) is 64.9 Å². The molecule has 5 heteroatoms. The lowest BCUT2D eigenvalue weighted by atomic mass is 9.86. The number of nitrogens with two attached hydrogens (primary N) is 1. The predicted molar refractivity (Wildman–Crippen MR) is 82.6 cm³/mol. The largest absolute Gasteiger partial charge is 0.367 e. The van der Waals surface area contributed by atoms with Crippen molar-refractivity contribution in [3.63, 3.8) is 0 Å². The monoisotopic (exact) mass is 306 g/mol. The molecule has 0 heterocycles. The average molecular weight is 307 g/mol. The van der Waals surface area contributed by atoms with Crippen molar-refractivity contribution in [3.8, 4) is 0 Å². The van der Waals surface area contributed by atoms with Crippen LogP contribution in [-0.4, -0.2) is 5.91 Å². The second kappa shape index (κ2) is 6.14. The first kappa shape index (κ1) is 15.3. The van der Waals surface area contributed by atoms with Gasteiger partial charge in [0.2, 0.25) is 5.91 Å². The Morgan fingerprint density at radius 3 is 2.38 bits per heavy atom. The van der Waals surface area contributed by atoms with Gasteiger partial charge in [0, 0.05) is 0 Å². The molecule has 1 amide bonds. The molecule has 0 spiro atoms. The summed E-state index contributed by atoms with van der Waals surface area (Å²) in [4.78, 5) is 12.1. The van der Waals surface area contributed by atoms with E-state index in [2.05, 4.69) is 5.32 Å². The summed E-state index contributed by atoms with van der Waals surface area (Å²) in [5, 5.41) is 3.60. The SMILES string of the molecule is CCC(Nc1ccccc1Cl)(C(N)=O)c1ccc(F)cc1. The fourth-order valence-corrected chi connectivity index (χ4v) is 2.45. The molecule has 110 valence electrons. The number of amides is 1. The fraction of sp³-hybridized carbons (Fsp3) is 0.188. The van der Waals surface area contributed by atoms with Crippen LogP contribution in [0.15, 0.2) is 48.5 Å². The second-order valence-corrected chi connectivity index (χ2v) is 5.14. The maximum Gasteiger partial charge on any atom is 0.247 e. The van der Waals surface area contributed by atoms with Gasteiger partial charge >= 0.3 is 0 Å². The zero-order valence-electron chi connectivity index (χ0n) is 11.6. The van der Waals surface area contributed by atoms with Crippen LogP contribution in [0.2, 0.25) is 5.02 Å². The molecule has 0 saturated carbocycles. The molecule has 0 aliphatic heterocycles. The van der Waals surface area contributed by atoms with Gasteiger partial charge < -0.3 is 11.1 Å². The van der Waals surface area contributed by atoms with Gasteiger partial charge in [-0.15, -0.1) is 0 Å². The summed E-state index contributed by atoms with van der Waals surface area (Å²) in [5.41, 5.74) is 5.67. The number of rotatable bonds is 5. The maximum atomic E-state index is 13.1. The number of carbonyl (C=O) groups excluding carboxylic acids is 1. The second-order valence-electron chi connectivity index (χ2n) is 4.73. The van der Waals surface area contributed by atoms with Crippen molar-refractivity contribution >= 4 is 23.2 Å². The molecule has 3 N–H and O–H groups in total. The third kappa shape index (κ3) is 3.00. The van der Waals surface area contributed by atoms with Gasteiger partial charge in [0.15, 0.2) is 0 Å². The third-order valence-corrected chi connectivity index (χ3v) is 3.84. The van der Waals surface area contributed by atoms with Gasteiger partial charge in [-0.1, -0.05) is 42.8 Å². The number of hydrogen-bond acceptors (Lipinski definition) is 2. The zero-order chi connectivity index (χ0) is 15.5. The minimum Gasteiger partial charge on any atom is -0.367 e. The number of halogens is 2. The van der Waals surface area contributed by atoms with Gasteiger partial charge in [0.25, 0.3) is 0 Å². The number of carbonyl (C=O) groups is 1. The summed E-state index contributed by atoms with van der Waals surface area (Å²) in [6.07, 6.45) is 0.402. The van der Waals surface area contributed by atoms with Gasteiger partial charge in [-0.2, -0.15) is 0 Å². The van der Waals surface area contributed by atoms with Gasteiger partial charge in [-0.3, -0.25) is 4.79 Å². The molecule has 2 aromatic carbocycles. The molecular formula is C16H16ClFN2O. The Hall–Kier alpha value is -2.07. The number of nitrogens with one attached hydrogen (secondary N) is 1. The van der Waals surface area contributed by atoms with Gasteiger partial charge in [-0.05, 0) is 36.2 Å². The van der Waals surface area contributed by atoms with Crippen LogP contribution in [-0.2, 0) is 10.3 Å². The van der Waals surface area contributed by atoms with Gasteiger partial charge in [-0.25, -0.2) is 4.39 Å². The lowest BCUT2D eigenvalue weighted by Crippen LogP contribution is -2.47. The van der Waals surface area contributed by atoms with Gasteiger partial charge in [0.1, 0.15) is 11.4 Å². The number of benzene rings is 2. The Bertz CT molecular complexity index is 645. The molecule has 0 bridgehead atoms. The lowest BCUT2D eigenvalue weighted by Gasteiger charge is -2.32. The van der Waals surface area contributed by atoms with E-state index in [9.17, 15) is 9.18 Å². The van der Waals surface area contributed by atoms with E-state index in [0.717, 1.165) is 0 Å². The summed E-state index contributed by atoms with van der Waals surface area (Å²) in [7, 11) is 0. The van der Waals surface area contributed by atoms with Crippen LogP contribution in [0.25, 0.3) is 0 Å². The van der Waals surface area contributed by atoms with Crippen LogP contribution in [0.5, 0.6) is 0 Å². The van der Waals surface area contributed by atoms with Crippen molar-refractivity contribution in [1.29, 1.82) is 0 Å². The number of anilines is 1. The number of hydrogen-bond donors (Lipinski definition) is 2. The van der Waals surface area contributed by atoms with Crippen LogP contribution in [0, 0.1) is 5.82 Å². The highest BCUT2D eigenvalue weighted by molar-refractivity contribution is 6.33. The van der Waals surface area contributed by atoms with Crippen LogP contribution < -0.4 is 11.1 Å². The maximum absolute atomic E-state index is 13.1. The molecule has 2 aromatic rings. The first-order valence-electron chi connectivity index (χ1n) is 6.58. The van der Waals surface area contributed by atoms with Crippen LogP contribution in [0.3, 0.4) is 0 Å². The van der Waals surface area contributed by atoms with E-state index >= 15 is 0 Å². The average Bonchev–Trinajstić information content (AvgIpc) is 2.47. The highest BCUT2D eigenvalue weighted by atomic mass is 35.5. The Morgan fingerprint density at radius 2 is 1.86 bits per heavy atom. The molecule has 3 nitrogen and oxygen atoms in total. The van der Waals surface area contributed by atoms with E-state index < -0.39 is 11.4 Å². The molecular weight excluding hydrogens is 291 g/mol. The first-order valence-corrected chi connectivity index (χ1v) is 6.96. The summed E-state index contributed by atoms with van der Waals surface area (Å²) < 4.78 is 13.1. The minimum atomic E-state index is -1.14. The van der Waals surface area contributed by atoms with Crippen molar-refractivity contribution in [2.24, 2.45) is 5.73 Å². The number of primary amides is 1. The molecule has 0 saturated heterocycles. The van der Waals surface area contributed by atoms with E-state index in [0.29, 0.717) is 22.7 Å². The highest BCUT2D eigenvalue weighted by Crippen LogP contribution is 2.33. The Labute approximate surface area is 127 Å². The van der Waals surface area contributed by atoms with Crippen molar-refractivity contribution < 1.29 is 9.18 Å². The van der Waals surface area contributed by atoms with E-state index in [1.807, 2.05) is 6.92 Å². The van der Waals surface area contributed by atoms with Crippen molar-refractivity contribution in [2.45, 2.75) is 18.9 Å². The van der Waals surface area contributed by atoms with Crippen molar-refractivity contribution in [2.75, 3.05) is 5.32 Å². The Balaban J connectivity index is 2.50. The van der Waals surface area contributed by atoms with E-state index in [4.69, 9.17) is 17.3 Å². The molecule has 0 aliphatic carbocycles. The standard InChI is InChI=1S/C16H16ClFN2O/c1-2-16(15(19)21,11-7-9-12(18)10-8-11)20-14-6-4-3-5-13(14)17/h3-10,20H,2H2,1H3,(H2,19,21). The molecule has 1 unspecified atom stereocenters. The van der Waals surface area contributed by atoms with Crippen LogP contribution in [0.1, 0.15) is 18.9 Å². The molecule has 0 fully saturated rings. The normalized spacial score (nSPS) is 13.5. The third-order valence-electron chi connectivity index (χ3n) is 3.51. The molecule has 1 atom stereocenters. The molecule has 0 aliphatic rings.